The van der Waals surface area contributed by atoms with E-state index in [0.717, 1.165) is 17.1 Å². The minimum atomic E-state index is 0.889. The summed E-state index contributed by atoms with van der Waals surface area (Å²) >= 11 is 1.70. The zero-order chi connectivity index (χ0) is 12.4. The summed E-state index contributed by atoms with van der Waals surface area (Å²) in [7, 11) is 1.69. The van der Waals surface area contributed by atoms with Gasteiger partial charge >= 0.3 is 0 Å². The van der Waals surface area contributed by atoms with Crippen molar-refractivity contribution in [3.8, 4) is 5.75 Å². The van der Waals surface area contributed by atoms with Gasteiger partial charge in [0.25, 0.3) is 0 Å². The molecular weight excluding hydrogens is 244 g/mol. The Kier molecular flexibility index (Phi) is 2.86. The number of benzene rings is 1. The Morgan fingerprint density at radius 3 is 2.78 bits per heavy atom. The summed E-state index contributed by atoms with van der Waals surface area (Å²) in [6.07, 6.45) is 3.56. The van der Waals surface area contributed by atoms with E-state index in [4.69, 9.17) is 4.74 Å². The van der Waals surface area contributed by atoms with E-state index >= 15 is 0 Å². The molecule has 3 aromatic rings. The van der Waals surface area contributed by atoms with Crippen LogP contribution in [0.3, 0.4) is 0 Å². The topological polar surface area (TPSA) is 34.1 Å². The van der Waals surface area contributed by atoms with Crippen molar-refractivity contribution in [1.82, 2.24) is 4.98 Å². The number of hydrogen-bond donors (Lipinski definition) is 1. The summed E-state index contributed by atoms with van der Waals surface area (Å²) in [4.78, 5) is 4.01. The number of rotatable bonds is 3. The van der Waals surface area contributed by atoms with Crippen LogP contribution < -0.4 is 10.1 Å². The Labute approximate surface area is 109 Å². The lowest BCUT2D eigenvalue weighted by molar-refractivity contribution is 0.415. The minimum Gasteiger partial charge on any atom is -0.497 e. The second-order valence-corrected chi connectivity index (χ2v) is 4.78. The minimum absolute atomic E-state index is 0.889. The fourth-order valence-electron chi connectivity index (χ4n) is 1.82. The summed E-state index contributed by atoms with van der Waals surface area (Å²) in [5, 5.41) is 6.72. The van der Waals surface area contributed by atoms with Gasteiger partial charge in [-0.25, -0.2) is 0 Å². The van der Waals surface area contributed by atoms with Gasteiger partial charge in [0.05, 0.1) is 12.8 Å². The van der Waals surface area contributed by atoms with Gasteiger partial charge < -0.3 is 10.1 Å². The summed E-state index contributed by atoms with van der Waals surface area (Å²) in [6.45, 7) is 0. The molecule has 0 atom stereocenters. The first kappa shape index (κ1) is 11.0. The molecule has 3 nitrogen and oxygen atoms in total. The first-order chi connectivity index (χ1) is 8.86. The number of ether oxygens (including phenoxy) is 1. The fourth-order valence-corrected chi connectivity index (χ4v) is 2.74. The molecule has 0 amide bonds. The van der Waals surface area contributed by atoms with E-state index in [1.165, 1.54) is 10.1 Å². The Morgan fingerprint density at radius 1 is 1.17 bits per heavy atom. The van der Waals surface area contributed by atoms with E-state index in [2.05, 4.69) is 27.8 Å². The molecule has 0 aliphatic carbocycles. The van der Waals surface area contributed by atoms with Gasteiger partial charge in [-0.15, -0.1) is 11.3 Å². The van der Waals surface area contributed by atoms with Crippen molar-refractivity contribution in [2.45, 2.75) is 0 Å². The zero-order valence-corrected chi connectivity index (χ0v) is 10.7. The van der Waals surface area contributed by atoms with Crippen LogP contribution in [0.4, 0.5) is 11.4 Å². The SMILES string of the molecule is COc1ccc2c(Nc3ccncc3)csc2c1. The van der Waals surface area contributed by atoms with Crippen LogP contribution in [-0.2, 0) is 0 Å². The molecule has 0 radical (unpaired) electrons. The normalized spacial score (nSPS) is 10.5. The standard InChI is InChI=1S/C14H12N2OS/c1-17-11-2-3-12-13(9-18-14(12)8-11)16-10-4-6-15-7-5-10/h2-9H,1H3,(H,15,16). The Hall–Kier alpha value is -2.07. The van der Waals surface area contributed by atoms with Crippen LogP contribution in [0.15, 0.2) is 48.1 Å². The largest absolute Gasteiger partial charge is 0.497 e. The van der Waals surface area contributed by atoms with E-state index < -0.39 is 0 Å². The maximum absolute atomic E-state index is 5.23. The molecule has 2 aromatic heterocycles. The fraction of sp³-hybridized carbons (Fsp3) is 0.0714. The molecule has 1 N–H and O–H groups in total. The van der Waals surface area contributed by atoms with Crippen molar-refractivity contribution in [3.05, 3.63) is 48.1 Å². The number of nitrogens with one attached hydrogen (secondary N) is 1. The van der Waals surface area contributed by atoms with Gasteiger partial charge in [0.1, 0.15) is 5.75 Å². The number of thiophene rings is 1. The van der Waals surface area contributed by atoms with Crippen molar-refractivity contribution in [2.24, 2.45) is 0 Å². The van der Waals surface area contributed by atoms with Crippen LogP contribution in [0, 0.1) is 0 Å². The van der Waals surface area contributed by atoms with Crippen molar-refractivity contribution in [3.63, 3.8) is 0 Å². The average molecular weight is 256 g/mol. The number of hydrogen-bond acceptors (Lipinski definition) is 4. The Balaban J connectivity index is 1.98. The van der Waals surface area contributed by atoms with E-state index in [0.29, 0.717) is 0 Å². The predicted molar refractivity (Wildman–Crippen MR) is 75.9 cm³/mol. The third kappa shape index (κ3) is 2.02. The van der Waals surface area contributed by atoms with Crippen LogP contribution in [0.2, 0.25) is 0 Å². The third-order valence-corrected chi connectivity index (χ3v) is 3.69. The molecule has 0 bridgehead atoms. The summed E-state index contributed by atoms with van der Waals surface area (Å²) in [6, 6.07) is 10.0. The maximum Gasteiger partial charge on any atom is 0.120 e. The van der Waals surface area contributed by atoms with Crippen LogP contribution in [-0.4, -0.2) is 12.1 Å². The smallest absolute Gasteiger partial charge is 0.120 e. The highest BCUT2D eigenvalue weighted by Gasteiger charge is 2.05. The summed E-state index contributed by atoms with van der Waals surface area (Å²) in [5.74, 6) is 0.889. The average Bonchev–Trinajstić information content (AvgIpc) is 2.82. The Morgan fingerprint density at radius 2 is 2.00 bits per heavy atom. The molecule has 2 heterocycles. The molecular formula is C14H12N2OS. The molecule has 0 aliphatic heterocycles. The van der Waals surface area contributed by atoms with Crippen LogP contribution >= 0.6 is 11.3 Å². The number of methoxy groups -OCH3 is 1. The molecule has 0 saturated carbocycles. The summed E-state index contributed by atoms with van der Waals surface area (Å²) in [5.41, 5.74) is 2.16. The van der Waals surface area contributed by atoms with E-state index in [9.17, 15) is 0 Å². The number of pyridine rings is 1. The molecule has 0 saturated heterocycles. The highest BCUT2D eigenvalue weighted by molar-refractivity contribution is 7.17. The molecule has 0 unspecified atom stereocenters. The molecule has 0 fully saturated rings. The zero-order valence-electron chi connectivity index (χ0n) is 9.88. The maximum atomic E-state index is 5.23. The van der Waals surface area contributed by atoms with Gasteiger partial charge in [0, 0.05) is 33.5 Å². The third-order valence-electron chi connectivity index (χ3n) is 2.74. The van der Waals surface area contributed by atoms with E-state index in [1.807, 2.05) is 18.2 Å². The first-order valence-corrected chi connectivity index (χ1v) is 6.47. The van der Waals surface area contributed by atoms with Gasteiger partial charge in [-0.05, 0) is 30.3 Å². The number of anilines is 2. The lowest BCUT2D eigenvalue weighted by Crippen LogP contribution is -1.88. The lowest BCUT2D eigenvalue weighted by atomic mass is 10.2. The van der Waals surface area contributed by atoms with Gasteiger partial charge in [-0.1, -0.05) is 0 Å². The van der Waals surface area contributed by atoms with Gasteiger partial charge in [0.2, 0.25) is 0 Å². The molecule has 3 rings (SSSR count). The van der Waals surface area contributed by atoms with Gasteiger partial charge in [0.15, 0.2) is 0 Å². The molecule has 1 aromatic carbocycles. The highest BCUT2D eigenvalue weighted by atomic mass is 32.1. The molecule has 90 valence electrons. The molecule has 0 spiro atoms. The highest BCUT2D eigenvalue weighted by Crippen LogP contribution is 2.34. The van der Waals surface area contributed by atoms with Crippen molar-refractivity contribution in [2.75, 3.05) is 12.4 Å². The van der Waals surface area contributed by atoms with Gasteiger partial charge in [-0.2, -0.15) is 0 Å². The van der Waals surface area contributed by atoms with Crippen molar-refractivity contribution >= 4 is 32.8 Å². The van der Waals surface area contributed by atoms with Crippen LogP contribution in [0.5, 0.6) is 5.75 Å². The molecule has 18 heavy (non-hydrogen) atoms. The number of aromatic nitrogens is 1. The number of nitrogens with zero attached hydrogens (tertiary/aromatic N) is 1. The molecule has 0 aliphatic rings. The van der Waals surface area contributed by atoms with Crippen LogP contribution in [0.25, 0.3) is 10.1 Å². The predicted octanol–water partition coefficient (Wildman–Crippen LogP) is 4.05. The second-order valence-electron chi connectivity index (χ2n) is 3.87. The molecule has 4 heteroatoms. The number of fused-ring (bicyclic) bond motifs is 1. The van der Waals surface area contributed by atoms with E-state index in [-0.39, 0.29) is 0 Å². The van der Waals surface area contributed by atoms with Crippen molar-refractivity contribution in [1.29, 1.82) is 0 Å². The monoisotopic (exact) mass is 256 g/mol. The first-order valence-electron chi connectivity index (χ1n) is 5.59. The van der Waals surface area contributed by atoms with Gasteiger partial charge in [-0.3, -0.25) is 4.98 Å². The quantitative estimate of drug-likeness (QED) is 0.767. The second kappa shape index (κ2) is 4.66. The van der Waals surface area contributed by atoms with Crippen molar-refractivity contribution < 1.29 is 4.74 Å². The Bertz CT molecular complexity index is 664. The summed E-state index contributed by atoms with van der Waals surface area (Å²) < 4.78 is 6.44. The lowest BCUT2D eigenvalue weighted by Gasteiger charge is -2.04. The van der Waals surface area contributed by atoms with Crippen LogP contribution in [0.1, 0.15) is 0 Å². The van der Waals surface area contributed by atoms with E-state index in [1.54, 1.807) is 30.8 Å².